The molecular formula is C20H26N2O2. The molecule has 0 bridgehead atoms. The Labute approximate surface area is 144 Å². The standard InChI is InChI=1S/C20H26N2O2/c1-14(2)22(15(3)4)19(23)17-13-21-12-11-18(17)20(5,24)16-9-7-6-8-10-16/h6-15,24H,1-5H3. The summed E-state index contributed by atoms with van der Waals surface area (Å²) in [5.74, 6) is -0.112. The fraction of sp³-hybridized carbons (Fsp3) is 0.400. The quantitative estimate of drug-likeness (QED) is 0.913. The van der Waals surface area contributed by atoms with Crippen LogP contribution in [0.25, 0.3) is 0 Å². The monoisotopic (exact) mass is 326 g/mol. The number of aliphatic hydroxyl groups is 1. The molecule has 1 N–H and O–H groups in total. The van der Waals surface area contributed by atoms with Crippen molar-refractivity contribution in [1.82, 2.24) is 9.88 Å². The predicted octanol–water partition coefficient (Wildman–Crippen LogP) is 3.60. The molecule has 1 amide bonds. The Bertz CT molecular complexity index is 686. The van der Waals surface area contributed by atoms with Crippen molar-refractivity contribution in [3.05, 3.63) is 65.5 Å². The van der Waals surface area contributed by atoms with Gasteiger partial charge < -0.3 is 10.0 Å². The van der Waals surface area contributed by atoms with Crippen LogP contribution in [-0.4, -0.2) is 33.0 Å². The SMILES string of the molecule is CC(C)N(C(=O)c1cnccc1C(C)(O)c1ccccc1)C(C)C. The van der Waals surface area contributed by atoms with Crippen molar-refractivity contribution < 1.29 is 9.90 Å². The summed E-state index contributed by atoms with van der Waals surface area (Å²) in [6.45, 7) is 9.67. The van der Waals surface area contributed by atoms with E-state index in [0.717, 1.165) is 5.56 Å². The van der Waals surface area contributed by atoms with Gasteiger partial charge in [-0.1, -0.05) is 30.3 Å². The lowest BCUT2D eigenvalue weighted by molar-refractivity contribution is 0.0619. The zero-order valence-corrected chi connectivity index (χ0v) is 15.0. The number of amides is 1. The normalized spacial score (nSPS) is 13.8. The summed E-state index contributed by atoms with van der Waals surface area (Å²) in [7, 11) is 0. The number of rotatable bonds is 5. The lowest BCUT2D eigenvalue weighted by atomic mass is 9.85. The van der Waals surface area contributed by atoms with Gasteiger partial charge in [0.15, 0.2) is 0 Å². The molecule has 0 aliphatic carbocycles. The van der Waals surface area contributed by atoms with E-state index in [1.807, 2.05) is 62.9 Å². The summed E-state index contributed by atoms with van der Waals surface area (Å²) in [5, 5.41) is 11.1. The van der Waals surface area contributed by atoms with Crippen molar-refractivity contribution in [3.8, 4) is 0 Å². The number of hydrogen-bond acceptors (Lipinski definition) is 3. The average molecular weight is 326 g/mol. The van der Waals surface area contributed by atoms with E-state index >= 15 is 0 Å². The van der Waals surface area contributed by atoms with Crippen LogP contribution in [0.1, 0.15) is 56.1 Å². The van der Waals surface area contributed by atoms with Gasteiger partial charge in [-0.25, -0.2) is 0 Å². The van der Waals surface area contributed by atoms with Crippen molar-refractivity contribution in [2.45, 2.75) is 52.3 Å². The number of aromatic nitrogens is 1. The molecule has 128 valence electrons. The molecule has 0 aliphatic rings. The Kier molecular flexibility index (Phi) is 5.40. The molecule has 1 atom stereocenters. The van der Waals surface area contributed by atoms with E-state index in [4.69, 9.17) is 0 Å². The van der Waals surface area contributed by atoms with Gasteiger partial charge in [-0.3, -0.25) is 9.78 Å². The lowest BCUT2D eigenvalue weighted by Gasteiger charge is -2.33. The minimum absolute atomic E-state index is 0.0623. The van der Waals surface area contributed by atoms with Gasteiger partial charge in [-0.15, -0.1) is 0 Å². The third kappa shape index (κ3) is 3.49. The summed E-state index contributed by atoms with van der Waals surface area (Å²) < 4.78 is 0. The topological polar surface area (TPSA) is 53.4 Å². The third-order valence-corrected chi connectivity index (χ3v) is 4.26. The Balaban J connectivity index is 2.54. The largest absolute Gasteiger partial charge is 0.381 e. The first-order valence-electron chi connectivity index (χ1n) is 8.31. The molecule has 0 spiro atoms. The Hall–Kier alpha value is -2.20. The van der Waals surface area contributed by atoms with Gasteiger partial charge in [0.25, 0.3) is 5.91 Å². The van der Waals surface area contributed by atoms with Crippen molar-refractivity contribution in [3.63, 3.8) is 0 Å². The van der Waals surface area contributed by atoms with Gasteiger partial charge >= 0.3 is 0 Å². The molecule has 2 rings (SSSR count). The van der Waals surface area contributed by atoms with Gasteiger partial charge in [0.1, 0.15) is 5.60 Å². The summed E-state index contributed by atoms with van der Waals surface area (Å²) in [4.78, 5) is 19.0. The molecule has 1 heterocycles. The number of carbonyl (C=O) groups excluding carboxylic acids is 1. The number of nitrogens with zero attached hydrogens (tertiary/aromatic N) is 2. The van der Waals surface area contributed by atoms with Crippen LogP contribution in [-0.2, 0) is 5.60 Å². The van der Waals surface area contributed by atoms with Crippen LogP contribution in [0, 0.1) is 0 Å². The molecular weight excluding hydrogens is 300 g/mol. The van der Waals surface area contributed by atoms with E-state index in [1.165, 1.54) is 0 Å². The van der Waals surface area contributed by atoms with E-state index < -0.39 is 5.60 Å². The summed E-state index contributed by atoms with van der Waals surface area (Å²) in [5.41, 5.74) is 0.481. The smallest absolute Gasteiger partial charge is 0.256 e. The van der Waals surface area contributed by atoms with Crippen molar-refractivity contribution in [2.24, 2.45) is 0 Å². The van der Waals surface area contributed by atoms with Crippen molar-refractivity contribution in [2.75, 3.05) is 0 Å². The zero-order valence-electron chi connectivity index (χ0n) is 15.0. The van der Waals surface area contributed by atoms with Crippen LogP contribution in [0.3, 0.4) is 0 Å². The second kappa shape index (κ2) is 7.14. The molecule has 0 saturated heterocycles. The maximum Gasteiger partial charge on any atom is 0.256 e. The van der Waals surface area contributed by atoms with Crippen LogP contribution >= 0.6 is 0 Å². The highest BCUT2D eigenvalue weighted by molar-refractivity contribution is 5.96. The predicted molar refractivity (Wildman–Crippen MR) is 95.8 cm³/mol. The second-order valence-electron chi connectivity index (χ2n) is 6.76. The molecule has 2 aromatic rings. The Morgan fingerprint density at radius 2 is 1.67 bits per heavy atom. The average Bonchev–Trinajstić information content (AvgIpc) is 2.55. The number of benzene rings is 1. The molecule has 1 aromatic heterocycles. The molecule has 4 nitrogen and oxygen atoms in total. The van der Waals surface area contributed by atoms with Gasteiger partial charge in [0.2, 0.25) is 0 Å². The summed E-state index contributed by atoms with van der Waals surface area (Å²) in [6.07, 6.45) is 3.16. The first-order chi connectivity index (χ1) is 11.3. The minimum Gasteiger partial charge on any atom is -0.381 e. The van der Waals surface area contributed by atoms with E-state index in [-0.39, 0.29) is 18.0 Å². The molecule has 0 fully saturated rings. The molecule has 1 unspecified atom stereocenters. The molecule has 0 aliphatic heterocycles. The van der Waals surface area contributed by atoms with Crippen LogP contribution in [0.2, 0.25) is 0 Å². The van der Waals surface area contributed by atoms with Crippen LogP contribution < -0.4 is 0 Å². The van der Waals surface area contributed by atoms with Crippen LogP contribution in [0.4, 0.5) is 0 Å². The molecule has 0 saturated carbocycles. The lowest BCUT2D eigenvalue weighted by Crippen LogP contribution is -2.43. The van der Waals surface area contributed by atoms with E-state index in [9.17, 15) is 9.90 Å². The molecule has 4 heteroatoms. The maximum atomic E-state index is 13.1. The number of hydrogen-bond donors (Lipinski definition) is 1. The highest BCUT2D eigenvalue weighted by Gasteiger charge is 2.32. The van der Waals surface area contributed by atoms with E-state index in [1.54, 1.807) is 25.4 Å². The van der Waals surface area contributed by atoms with Crippen molar-refractivity contribution in [1.29, 1.82) is 0 Å². The summed E-state index contributed by atoms with van der Waals surface area (Å²) in [6, 6.07) is 11.2. The molecule has 0 radical (unpaired) electrons. The fourth-order valence-corrected chi connectivity index (χ4v) is 3.11. The molecule has 1 aromatic carbocycles. The Morgan fingerprint density at radius 1 is 1.08 bits per heavy atom. The van der Waals surface area contributed by atoms with Crippen LogP contribution in [0.5, 0.6) is 0 Å². The van der Waals surface area contributed by atoms with Crippen molar-refractivity contribution >= 4 is 5.91 Å². The minimum atomic E-state index is -1.27. The Morgan fingerprint density at radius 3 is 2.21 bits per heavy atom. The van der Waals surface area contributed by atoms with Gasteiger partial charge in [-0.2, -0.15) is 0 Å². The maximum absolute atomic E-state index is 13.1. The number of pyridine rings is 1. The number of carbonyl (C=O) groups is 1. The summed E-state index contributed by atoms with van der Waals surface area (Å²) >= 11 is 0. The van der Waals surface area contributed by atoms with E-state index in [0.29, 0.717) is 11.1 Å². The van der Waals surface area contributed by atoms with Gasteiger partial charge in [0.05, 0.1) is 5.56 Å². The third-order valence-electron chi connectivity index (χ3n) is 4.26. The van der Waals surface area contributed by atoms with Crippen LogP contribution in [0.15, 0.2) is 48.8 Å². The first kappa shape index (κ1) is 18.1. The molecule has 24 heavy (non-hydrogen) atoms. The fourth-order valence-electron chi connectivity index (χ4n) is 3.11. The first-order valence-corrected chi connectivity index (χ1v) is 8.31. The second-order valence-corrected chi connectivity index (χ2v) is 6.76. The zero-order chi connectivity index (χ0) is 17.9. The highest BCUT2D eigenvalue weighted by atomic mass is 16.3. The van der Waals surface area contributed by atoms with Gasteiger partial charge in [0, 0.05) is 30.0 Å². The highest BCUT2D eigenvalue weighted by Crippen LogP contribution is 2.32. The van der Waals surface area contributed by atoms with E-state index in [2.05, 4.69) is 4.98 Å². The van der Waals surface area contributed by atoms with Gasteiger partial charge in [-0.05, 0) is 46.2 Å².